The van der Waals surface area contributed by atoms with Crippen LogP contribution in [0, 0.1) is 5.82 Å². The van der Waals surface area contributed by atoms with Crippen molar-refractivity contribution in [3.63, 3.8) is 0 Å². The molecule has 0 bridgehead atoms. The van der Waals surface area contributed by atoms with Gasteiger partial charge in [-0.25, -0.2) is 9.18 Å². The second kappa shape index (κ2) is 10.7. The molecule has 0 amide bonds. The highest BCUT2D eigenvalue weighted by molar-refractivity contribution is 5.87. The first-order valence-electron chi connectivity index (χ1n) is 8.99. The van der Waals surface area contributed by atoms with Crippen LogP contribution in [0.4, 0.5) is 23.2 Å². The van der Waals surface area contributed by atoms with Crippen molar-refractivity contribution in [2.24, 2.45) is 0 Å². The number of alkyl halides is 3. The van der Waals surface area contributed by atoms with E-state index >= 15 is 0 Å². The summed E-state index contributed by atoms with van der Waals surface area (Å²) in [5.74, 6) is -1.23. The molecule has 0 aliphatic heterocycles. The van der Waals surface area contributed by atoms with Crippen molar-refractivity contribution in [1.29, 1.82) is 0 Å². The van der Waals surface area contributed by atoms with E-state index in [1.165, 1.54) is 26.4 Å². The molecular formula is C21H21F4NO5. The molecule has 10 heteroatoms. The number of aliphatic hydroxyl groups excluding tert-OH is 1. The topological polar surface area (TPSA) is 77.0 Å². The van der Waals surface area contributed by atoms with Crippen LogP contribution < -0.4 is 14.8 Å². The summed E-state index contributed by atoms with van der Waals surface area (Å²) >= 11 is 0. The average Bonchev–Trinajstić information content (AvgIpc) is 2.74. The highest BCUT2D eigenvalue weighted by Gasteiger charge is 2.34. The average molecular weight is 443 g/mol. The Bertz CT molecular complexity index is 930. The largest absolute Gasteiger partial charge is 0.493 e. The predicted molar refractivity (Wildman–Crippen MR) is 105 cm³/mol. The van der Waals surface area contributed by atoms with Gasteiger partial charge >= 0.3 is 12.1 Å². The lowest BCUT2D eigenvalue weighted by Gasteiger charge is -2.17. The third kappa shape index (κ3) is 7.18. The third-order valence-electron chi connectivity index (χ3n) is 4.05. The van der Waals surface area contributed by atoms with Gasteiger partial charge in [-0.1, -0.05) is 6.07 Å². The number of benzene rings is 2. The Morgan fingerprint density at radius 1 is 1.16 bits per heavy atom. The number of esters is 1. The maximum atomic E-state index is 13.3. The van der Waals surface area contributed by atoms with Crippen molar-refractivity contribution >= 4 is 17.7 Å². The van der Waals surface area contributed by atoms with Crippen LogP contribution in [-0.2, 0) is 15.7 Å². The molecule has 168 valence electrons. The number of nitrogens with one attached hydrogen (secondary N) is 1. The summed E-state index contributed by atoms with van der Waals surface area (Å²) in [5.41, 5.74) is -0.741. The minimum absolute atomic E-state index is 0.00658. The number of carbonyl (C=O) groups is 1. The third-order valence-corrected chi connectivity index (χ3v) is 4.05. The van der Waals surface area contributed by atoms with E-state index < -0.39 is 29.6 Å². The molecule has 2 rings (SSSR count). The molecule has 31 heavy (non-hydrogen) atoms. The fourth-order valence-corrected chi connectivity index (χ4v) is 2.47. The van der Waals surface area contributed by atoms with E-state index in [0.717, 1.165) is 6.07 Å². The summed E-state index contributed by atoms with van der Waals surface area (Å²) in [6.45, 7) is -0.320. The number of hydrogen-bond acceptors (Lipinski definition) is 6. The molecule has 6 nitrogen and oxygen atoms in total. The molecule has 1 atom stereocenters. The molecule has 0 aromatic heterocycles. The van der Waals surface area contributed by atoms with Crippen molar-refractivity contribution in [1.82, 2.24) is 0 Å². The highest BCUT2D eigenvalue weighted by Crippen LogP contribution is 2.33. The van der Waals surface area contributed by atoms with E-state index in [4.69, 9.17) is 9.47 Å². The Kier molecular flexibility index (Phi) is 8.26. The first-order chi connectivity index (χ1) is 14.6. The number of hydrogen-bond donors (Lipinski definition) is 2. The Hall–Kier alpha value is -3.27. The van der Waals surface area contributed by atoms with Crippen LogP contribution in [0.5, 0.6) is 11.5 Å². The first kappa shape index (κ1) is 24.0. The molecule has 0 saturated heterocycles. The van der Waals surface area contributed by atoms with Gasteiger partial charge in [-0.3, -0.25) is 0 Å². The van der Waals surface area contributed by atoms with Gasteiger partial charge in [0.15, 0.2) is 11.5 Å². The van der Waals surface area contributed by atoms with Crippen molar-refractivity contribution in [2.45, 2.75) is 12.3 Å². The Morgan fingerprint density at radius 3 is 2.55 bits per heavy atom. The van der Waals surface area contributed by atoms with E-state index in [0.29, 0.717) is 29.2 Å². The number of aliphatic hydroxyl groups is 1. The molecule has 0 saturated carbocycles. The van der Waals surface area contributed by atoms with Gasteiger partial charge in [0.1, 0.15) is 18.5 Å². The predicted octanol–water partition coefficient (Wildman–Crippen LogP) is 3.89. The molecule has 2 aromatic rings. The van der Waals surface area contributed by atoms with Crippen LogP contribution in [0.1, 0.15) is 11.1 Å². The minimum Gasteiger partial charge on any atom is -0.493 e. The van der Waals surface area contributed by atoms with Crippen LogP contribution in [-0.4, -0.2) is 44.6 Å². The normalized spacial score (nSPS) is 12.5. The molecule has 1 unspecified atom stereocenters. The van der Waals surface area contributed by atoms with Gasteiger partial charge in [-0.05, 0) is 42.0 Å². The van der Waals surface area contributed by atoms with Crippen LogP contribution in [0.25, 0.3) is 6.08 Å². The fourth-order valence-electron chi connectivity index (χ4n) is 2.47. The number of rotatable bonds is 9. The van der Waals surface area contributed by atoms with Gasteiger partial charge in [-0.15, -0.1) is 0 Å². The molecule has 0 spiro atoms. The Balaban J connectivity index is 1.95. The summed E-state index contributed by atoms with van der Waals surface area (Å²) in [4.78, 5) is 11.2. The van der Waals surface area contributed by atoms with E-state index in [2.05, 4.69) is 10.1 Å². The van der Waals surface area contributed by atoms with Gasteiger partial charge < -0.3 is 24.6 Å². The van der Waals surface area contributed by atoms with Gasteiger partial charge in [0.05, 0.1) is 19.8 Å². The summed E-state index contributed by atoms with van der Waals surface area (Å²) in [7, 11) is 2.68. The van der Waals surface area contributed by atoms with E-state index in [9.17, 15) is 27.5 Å². The zero-order valence-corrected chi connectivity index (χ0v) is 16.7. The van der Waals surface area contributed by atoms with Gasteiger partial charge in [0.2, 0.25) is 0 Å². The van der Waals surface area contributed by atoms with Crippen LogP contribution in [0.3, 0.4) is 0 Å². The zero-order chi connectivity index (χ0) is 23.0. The molecule has 2 aromatic carbocycles. The summed E-state index contributed by atoms with van der Waals surface area (Å²) < 4.78 is 66.9. The van der Waals surface area contributed by atoms with Crippen molar-refractivity contribution in [3.05, 3.63) is 59.4 Å². The number of ether oxygens (including phenoxy) is 3. The molecule has 0 radical (unpaired) electrons. The maximum absolute atomic E-state index is 13.3. The molecule has 0 heterocycles. The smallest absolute Gasteiger partial charge is 0.419 e. The van der Waals surface area contributed by atoms with E-state index in [1.807, 2.05) is 0 Å². The van der Waals surface area contributed by atoms with E-state index in [-0.39, 0.29) is 18.8 Å². The Labute approximate surface area is 176 Å². The highest BCUT2D eigenvalue weighted by atomic mass is 19.4. The number of halogens is 4. The van der Waals surface area contributed by atoms with Gasteiger partial charge in [-0.2, -0.15) is 13.2 Å². The summed E-state index contributed by atoms with van der Waals surface area (Å²) in [6, 6.07) is 7.31. The number of anilines is 1. The lowest BCUT2D eigenvalue weighted by molar-refractivity contribution is -0.140. The molecule has 0 aliphatic carbocycles. The van der Waals surface area contributed by atoms with Crippen LogP contribution >= 0.6 is 0 Å². The van der Waals surface area contributed by atoms with E-state index in [1.54, 1.807) is 18.2 Å². The number of methoxy groups -OCH3 is 2. The van der Waals surface area contributed by atoms with Gasteiger partial charge in [0, 0.05) is 18.3 Å². The van der Waals surface area contributed by atoms with Crippen molar-refractivity contribution in [3.8, 4) is 11.5 Å². The van der Waals surface area contributed by atoms with Crippen LogP contribution in [0.15, 0.2) is 42.5 Å². The lowest BCUT2D eigenvalue weighted by atomic mass is 10.1. The molecule has 0 aliphatic rings. The monoisotopic (exact) mass is 443 g/mol. The first-order valence-corrected chi connectivity index (χ1v) is 8.99. The minimum atomic E-state index is -4.82. The summed E-state index contributed by atoms with van der Waals surface area (Å²) in [5, 5.41) is 12.7. The molecular weight excluding hydrogens is 422 g/mol. The quantitative estimate of drug-likeness (QED) is 0.348. The summed E-state index contributed by atoms with van der Waals surface area (Å²) in [6.07, 6.45) is -3.14. The second-order valence-corrected chi connectivity index (χ2v) is 6.30. The molecule has 2 N–H and O–H groups in total. The Morgan fingerprint density at radius 2 is 1.90 bits per heavy atom. The standard InChI is InChI=1S/C21H21F4NO5/c1-29-19-9-13(4-8-20(28)30-2)3-7-18(19)31-12-15(27)11-26-14-5-6-17(22)16(10-14)21(23,24)25/h3-10,15,26-27H,11-12H2,1-2H3/b8-4+. The zero-order valence-electron chi connectivity index (χ0n) is 16.7. The van der Waals surface area contributed by atoms with Crippen molar-refractivity contribution < 1.29 is 41.7 Å². The number of carbonyl (C=O) groups excluding carboxylic acids is 1. The molecule has 0 fully saturated rings. The van der Waals surface area contributed by atoms with Crippen molar-refractivity contribution in [2.75, 3.05) is 32.7 Å². The lowest BCUT2D eigenvalue weighted by Crippen LogP contribution is -2.26. The van der Waals surface area contributed by atoms with Gasteiger partial charge in [0.25, 0.3) is 0 Å². The fraction of sp³-hybridized carbons (Fsp3) is 0.286. The SMILES string of the molecule is COC(=O)/C=C/c1ccc(OCC(O)CNc2ccc(F)c(C(F)(F)F)c2)c(OC)c1. The maximum Gasteiger partial charge on any atom is 0.419 e. The second-order valence-electron chi connectivity index (χ2n) is 6.30. The van der Waals surface area contributed by atoms with Crippen LogP contribution in [0.2, 0.25) is 0 Å².